The van der Waals surface area contributed by atoms with Crippen LogP contribution >= 0.6 is 27.3 Å². The molecule has 0 bridgehead atoms. The first-order valence-corrected chi connectivity index (χ1v) is 8.48. The van der Waals surface area contributed by atoms with Crippen molar-refractivity contribution in [1.29, 1.82) is 0 Å². The van der Waals surface area contributed by atoms with Gasteiger partial charge in [0.1, 0.15) is 6.54 Å². The van der Waals surface area contributed by atoms with Crippen LogP contribution < -0.4 is 5.32 Å². The van der Waals surface area contributed by atoms with E-state index in [-0.39, 0.29) is 24.9 Å². The van der Waals surface area contributed by atoms with Crippen molar-refractivity contribution in [3.63, 3.8) is 0 Å². The maximum absolute atomic E-state index is 12.5. The highest BCUT2D eigenvalue weighted by Gasteiger charge is 2.18. The van der Waals surface area contributed by atoms with Gasteiger partial charge < -0.3 is 10.2 Å². The summed E-state index contributed by atoms with van der Waals surface area (Å²) in [6.45, 7) is 5.78. The second-order valence-corrected chi connectivity index (χ2v) is 6.96. The fraction of sp³-hybridized carbons (Fsp3) is 0.188. The standard InChI is InChI=1S/C16H16BrN3O2S/c1-3-7-20(15(22)12-5-4-6-13(17)8-12)10-14(21)19-16-18-9-11(2)23-16/h3-6,8-9H,1,7,10H2,2H3,(H,18,19,21). The molecule has 120 valence electrons. The average molecular weight is 394 g/mol. The number of nitrogens with zero attached hydrogens (tertiary/aromatic N) is 2. The number of benzene rings is 1. The third-order valence-electron chi connectivity index (χ3n) is 2.91. The predicted octanol–water partition coefficient (Wildman–Crippen LogP) is 3.48. The van der Waals surface area contributed by atoms with Crippen LogP contribution in [0.3, 0.4) is 0 Å². The third-order valence-corrected chi connectivity index (χ3v) is 4.23. The van der Waals surface area contributed by atoms with E-state index >= 15 is 0 Å². The summed E-state index contributed by atoms with van der Waals surface area (Å²) in [4.78, 5) is 31.2. The molecule has 0 aliphatic carbocycles. The van der Waals surface area contributed by atoms with Crippen LogP contribution in [0.2, 0.25) is 0 Å². The summed E-state index contributed by atoms with van der Waals surface area (Å²) >= 11 is 4.73. The number of carbonyl (C=O) groups excluding carboxylic acids is 2. The van der Waals surface area contributed by atoms with Crippen molar-refractivity contribution in [2.45, 2.75) is 6.92 Å². The zero-order chi connectivity index (χ0) is 16.8. The molecule has 1 N–H and O–H groups in total. The molecule has 0 atom stereocenters. The SMILES string of the molecule is C=CCN(CC(=O)Nc1ncc(C)s1)C(=O)c1cccc(Br)c1. The lowest BCUT2D eigenvalue weighted by molar-refractivity contribution is -0.116. The van der Waals surface area contributed by atoms with Crippen LogP contribution in [0.15, 0.2) is 47.6 Å². The van der Waals surface area contributed by atoms with Gasteiger partial charge in [0.15, 0.2) is 5.13 Å². The molecule has 0 aliphatic rings. The molecule has 5 nitrogen and oxygen atoms in total. The van der Waals surface area contributed by atoms with Crippen LogP contribution in [0.5, 0.6) is 0 Å². The van der Waals surface area contributed by atoms with Crippen molar-refractivity contribution in [3.8, 4) is 0 Å². The Morgan fingerprint density at radius 2 is 2.26 bits per heavy atom. The fourth-order valence-corrected chi connectivity index (χ4v) is 3.00. The minimum absolute atomic E-state index is 0.0595. The second-order valence-electron chi connectivity index (χ2n) is 4.81. The van der Waals surface area contributed by atoms with Gasteiger partial charge in [-0.25, -0.2) is 4.98 Å². The Kier molecular flexibility index (Phi) is 6.06. The first-order chi connectivity index (χ1) is 11.0. The van der Waals surface area contributed by atoms with Crippen molar-refractivity contribution in [1.82, 2.24) is 9.88 Å². The van der Waals surface area contributed by atoms with Gasteiger partial charge in [0, 0.05) is 27.7 Å². The lowest BCUT2D eigenvalue weighted by Crippen LogP contribution is -2.38. The van der Waals surface area contributed by atoms with Gasteiger partial charge >= 0.3 is 0 Å². The molecule has 1 aromatic heterocycles. The summed E-state index contributed by atoms with van der Waals surface area (Å²) in [5, 5.41) is 3.23. The maximum atomic E-state index is 12.5. The van der Waals surface area contributed by atoms with E-state index in [1.165, 1.54) is 16.2 Å². The molecule has 2 rings (SSSR count). The summed E-state index contributed by atoms with van der Waals surface area (Å²) in [5.41, 5.74) is 0.513. The number of carbonyl (C=O) groups is 2. The molecule has 1 aromatic carbocycles. The van der Waals surface area contributed by atoms with Crippen molar-refractivity contribution < 1.29 is 9.59 Å². The molecule has 0 spiro atoms. The van der Waals surface area contributed by atoms with Crippen molar-refractivity contribution >= 4 is 44.2 Å². The number of anilines is 1. The third kappa shape index (κ3) is 5.01. The number of nitrogens with one attached hydrogen (secondary N) is 1. The van der Waals surface area contributed by atoms with Crippen molar-refractivity contribution in [2.24, 2.45) is 0 Å². The number of hydrogen-bond acceptors (Lipinski definition) is 4. The smallest absolute Gasteiger partial charge is 0.254 e. The summed E-state index contributed by atoms with van der Waals surface area (Å²) in [5.74, 6) is -0.513. The summed E-state index contributed by atoms with van der Waals surface area (Å²) < 4.78 is 0.810. The van der Waals surface area contributed by atoms with Crippen LogP contribution in [0.25, 0.3) is 0 Å². The largest absolute Gasteiger partial charge is 0.326 e. The van der Waals surface area contributed by atoms with Gasteiger partial charge in [-0.3, -0.25) is 9.59 Å². The highest BCUT2D eigenvalue weighted by molar-refractivity contribution is 9.10. The monoisotopic (exact) mass is 393 g/mol. The number of thiazole rings is 1. The topological polar surface area (TPSA) is 62.3 Å². The quantitative estimate of drug-likeness (QED) is 0.764. The number of aryl methyl sites for hydroxylation is 1. The van der Waals surface area contributed by atoms with Gasteiger partial charge in [0.2, 0.25) is 5.91 Å². The number of hydrogen-bond donors (Lipinski definition) is 1. The van der Waals surface area contributed by atoms with E-state index in [0.717, 1.165) is 9.35 Å². The number of amides is 2. The molecule has 1 heterocycles. The zero-order valence-electron chi connectivity index (χ0n) is 12.6. The van der Waals surface area contributed by atoms with Gasteiger partial charge in [0.25, 0.3) is 5.91 Å². The number of halogens is 1. The van der Waals surface area contributed by atoms with Gasteiger partial charge in [-0.05, 0) is 25.1 Å². The summed E-state index contributed by atoms with van der Waals surface area (Å²) in [7, 11) is 0. The highest BCUT2D eigenvalue weighted by Crippen LogP contribution is 2.17. The normalized spacial score (nSPS) is 10.2. The van der Waals surface area contributed by atoms with Crippen LogP contribution in [0.1, 0.15) is 15.2 Å². The van der Waals surface area contributed by atoms with E-state index in [9.17, 15) is 9.59 Å². The maximum Gasteiger partial charge on any atom is 0.254 e. The predicted molar refractivity (Wildman–Crippen MR) is 95.7 cm³/mol. The molecule has 2 amide bonds. The molecular weight excluding hydrogens is 378 g/mol. The average Bonchev–Trinajstić information content (AvgIpc) is 2.91. The number of aromatic nitrogens is 1. The Labute approximate surface area is 147 Å². The van der Waals surface area contributed by atoms with Crippen molar-refractivity contribution in [3.05, 3.63) is 58.0 Å². The van der Waals surface area contributed by atoms with Gasteiger partial charge in [0.05, 0.1) is 0 Å². The van der Waals surface area contributed by atoms with Crippen LogP contribution in [-0.2, 0) is 4.79 Å². The number of rotatable bonds is 6. The minimum atomic E-state index is -0.287. The zero-order valence-corrected chi connectivity index (χ0v) is 15.0. The lowest BCUT2D eigenvalue weighted by atomic mass is 10.2. The second kappa shape index (κ2) is 8.03. The molecule has 0 saturated carbocycles. The summed E-state index contributed by atoms with van der Waals surface area (Å²) in [6, 6.07) is 7.06. The van der Waals surface area contributed by atoms with Gasteiger partial charge in [-0.2, -0.15) is 0 Å². The molecule has 23 heavy (non-hydrogen) atoms. The molecule has 0 aliphatic heterocycles. The van der Waals surface area contributed by atoms with E-state index in [1.54, 1.807) is 30.5 Å². The minimum Gasteiger partial charge on any atom is -0.326 e. The van der Waals surface area contributed by atoms with Crippen LogP contribution in [0.4, 0.5) is 5.13 Å². The van der Waals surface area contributed by atoms with Gasteiger partial charge in [-0.15, -0.1) is 17.9 Å². The van der Waals surface area contributed by atoms with E-state index < -0.39 is 0 Å². The molecule has 0 radical (unpaired) electrons. The van der Waals surface area contributed by atoms with E-state index in [0.29, 0.717) is 10.7 Å². The van der Waals surface area contributed by atoms with E-state index in [1.807, 2.05) is 13.0 Å². The Balaban J connectivity index is 2.07. The Hall–Kier alpha value is -1.99. The first kappa shape index (κ1) is 17.4. The first-order valence-electron chi connectivity index (χ1n) is 6.87. The van der Waals surface area contributed by atoms with E-state index in [4.69, 9.17) is 0 Å². The molecule has 0 fully saturated rings. The summed E-state index contributed by atoms with van der Waals surface area (Å²) in [6.07, 6.45) is 3.28. The Morgan fingerprint density at radius 1 is 1.48 bits per heavy atom. The molecule has 7 heteroatoms. The van der Waals surface area contributed by atoms with Crippen molar-refractivity contribution in [2.75, 3.05) is 18.4 Å². The molecular formula is C16H16BrN3O2S. The Bertz CT molecular complexity index is 730. The fourth-order valence-electron chi connectivity index (χ4n) is 1.92. The molecule has 0 unspecified atom stereocenters. The lowest BCUT2D eigenvalue weighted by Gasteiger charge is -2.20. The van der Waals surface area contributed by atoms with E-state index in [2.05, 4.69) is 32.8 Å². The highest BCUT2D eigenvalue weighted by atomic mass is 79.9. The van der Waals surface area contributed by atoms with Gasteiger partial charge in [-0.1, -0.05) is 28.1 Å². The van der Waals surface area contributed by atoms with Crippen LogP contribution in [0, 0.1) is 6.92 Å². The molecule has 2 aromatic rings. The van der Waals surface area contributed by atoms with Crippen LogP contribution in [-0.4, -0.2) is 34.8 Å². The molecule has 0 saturated heterocycles. The Morgan fingerprint density at radius 3 is 2.87 bits per heavy atom.